The highest BCUT2D eigenvalue weighted by Crippen LogP contribution is 2.31. The lowest BCUT2D eigenvalue weighted by molar-refractivity contribution is -0.0824. The molecule has 2 saturated heterocycles. The van der Waals surface area contributed by atoms with Crippen LogP contribution in [0.1, 0.15) is 20.3 Å². The molecule has 0 aliphatic carbocycles. The highest BCUT2D eigenvalue weighted by atomic mass is 16.6. The Morgan fingerprint density at radius 1 is 1.28 bits per heavy atom. The molecule has 0 spiro atoms. The number of ether oxygens (including phenoxy) is 1. The smallest absolute Gasteiger partial charge is 0.331 e. The lowest BCUT2D eigenvalue weighted by Gasteiger charge is -2.47. The predicted molar refractivity (Wildman–Crippen MR) is 62.6 cm³/mol. The van der Waals surface area contributed by atoms with Crippen LogP contribution in [0.2, 0.25) is 0 Å². The zero-order chi connectivity index (χ0) is 13.7. The zero-order valence-electron chi connectivity index (χ0n) is 11.1. The maximum Gasteiger partial charge on any atom is 0.331 e. The van der Waals surface area contributed by atoms with Crippen molar-refractivity contribution < 1.29 is 19.4 Å². The summed E-state index contributed by atoms with van der Waals surface area (Å²) in [5.74, 6) is 0. The fraction of sp³-hybridized carbons (Fsp3) is 0.818. The second-order valence-corrected chi connectivity index (χ2v) is 5.44. The molecule has 102 valence electrons. The van der Waals surface area contributed by atoms with E-state index in [4.69, 9.17) is 4.74 Å². The monoisotopic (exact) mass is 257 g/mol. The maximum absolute atomic E-state index is 12.1. The number of hydrogen-bond acceptors (Lipinski definition) is 4. The van der Waals surface area contributed by atoms with Gasteiger partial charge in [-0.3, -0.25) is 9.80 Å². The quantitative estimate of drug-likeness (QED) is 0.735. The normalized spacial score (nSPS) is 26.1. The van der Waals surface area contributed by atoms with Crippen LogP contribution in [0.5, 0.6) is 0 Å². The van der Waals surface area contributed by atoms with Gasteiger partial charge in [-0.05, 0) is 20.3 Å². The van der Waals surface area contributed by atoms with Gasteiger partial charge in [0, 0.05) is 14.1 Å². The van der Waals surface area contributed by atoms with Gasteiger partial charge in [0.05, 0.1) is 18.2 Å². The van der Waals surface area contributed by atoms with Crippen LogP contribution in [0.25, 0.3) is 0 Å². The van der Waals surface area contributed by atoms with Crippen LogP contribution in [0, 0.1) is 0 Å². The molecule has 1 unspecified atom stereocenters. The Kier molecular flexibility index (Phi) is 2.98. The predicted octanol–water partition coefficient (Wildman–Crippen LogP) is 0.249. The number of urea groups is 2. The Morgan fingerprint density at radius 3 is 2.11 bits per heavy atom. The van der Waals surface area contributed by atoms with Crippen molar-refractivity contribution in [3.8, 4) is 0 Å². The second-order valence-electron chi connectivity index (χ2n) is 5.44. The molecular weight excluding hydrogens is 238 g/mol. The van der Waals surface area contributed by atoms with Gasteiger partial charge in [0.25, 0.3) is 0 Å². The van der Waals surface area contributed by atoms with Crippen LogP contribution >= 0.6 is 0 Å². The van der Waals surface area contributed by atoms with Crippen LogP contribution in [0.4, 0.5) is 9.59 Å². The molecule has 2 fully saturated rings. The van der Waals surface area contributed by atoms with E-state index in [1.165, 1.54) is 19.0 Å². The lowest BCUT2D eigenvalue weighted by Crippen LogP contribution is -2.68. The number of imide groups is 1. The first-order chi connectivity index (χ1) is 8.25. The lowest BCUT2D eigenvalue weighted by atomic mass is 9.96. The standard InChI is InChI=1S/C11H19N3O4/c1-11(2,5-7-6-18-7)14-9(16)12(3)8(15)13(4)10(14)17/h7-8,15H,5-6H2,1-4H3. The van der Waals surface area contributed by atoms with Crippen LogP contribution in [0.3, 0.4) is 0 Å². The summed E-state index contributed by atoms with van der Waals surface area (Å²) in [5, 5.41) is 9.72. The Morgan fingerprint density at radius 2 is 1.72 bits per heavy atom. The second kappa shape index (κ2) is 4.10. The van der Waals surface area contributed by atoms with E-state index in [0.29, 0.717) is 13.0 Å². The topological polar surface area (TPSA) is 76.6 Å². The molecule has 7 nitrogen and oxygen atoms in total. The summed E-state index contributed by atoms with van der Waals surface area (Å²) in [6.45, 7) is 4.32. The summed E-state index contributed by atoms with van der Waals surface area (Å²) in [6, 6.07) is -0.979. The van der Waals surface area contributed by atoms with Crippen molar-refractivity contribution in [1.82, 2.24) is 14.7 Å². The van der Waals surface area contributed by atoms with Gasteiger partial charge in [-0.2, -0.15) is 0 Å². The van der Waals surface area contributed by atoms with E-state index in [0.717, 1.165) is 9.80 Å². The van der Waals surface area contributed by atoms with E-state index in [2.05, 4.69) is 0 Å². The Labute approximate surface area is 106 Å². The van der Waals surface area contributed by atoms with Gasteiger partial charge in [0.15, 0.2) is 0 Å². The van der Waals surface area contributed by atoms with Crippen LogP contribution in [0.15, 0.2) is 0 Å². The molecule has 2 aliphatic rings. The van der Waals surface area contributed by atoms with Crippen molar-refractivity contribution in [2.75, 3.05) is 20.7 Å². The van der Waals surface area contributed by atoms with E-state index in [9.17, 15) is 14.7 Å². The number of amides is 4. The van der Waals surface area contributed by atoms with Crippen molar-refractivity contribution in [2.24, 2.45) is 0 Å². The van der Waals surface area contributed by atoms with Gasteiger partial charge >= 0.3 is 12.1 Å². The van der Waals surface area contributed by atoms with Gasteiger partial charge in [0.1, 0.15) is 0 Å². The number of aliphatic hydroxyl groups is 1. The number of rotatable bonds is 3. The van der Waals surface area contributed by atoms with E-state index < -0.39 is 24.0 Å². The molecule has 0 saturated carbocycles. The summed E-state index contributed by atoms with van der Waals surface area (Å²) in [7, 11) is 2.93. The zero-order valence-corrected chi connectivity index (χ0v) is 11.1. The first-order valence-electron chi connectivity index (χ1n) is 5.89. The number of carbonyl (C=O) groups is 2. The minimum absolute atomic E-state index is 0.114. The van der Waals surface area contributed by atoms with Gasteiger partial charge in [0.2, 0.25) is 6.35 Å². The molecule has 0 aromatic carbocycles. The average molecular weight is 257 g/mol. The first-order valence-corrected chi connectivity index (χ1v) is 5.89. The van der Waals surface area contributed by atoms with Gasteiger partial charge < -0.3 is 9.84 Å². The molecule has 0 aromatic heterocycles. The van der Waals surface area contributed by atoms with E-state index in [1.807, 2.05) is 13.8 Å². The minimum atomic E-state index is -1.21. The molecule has 1 atom stereocenters. The molecule has 7 heteroatoms. The van der Waals surface area contributed by atoms with Crippen LogP contribution in [-0.4, -0.2) is 70.6 Å². The highest BCUT2D eigenvalue weighted by Gasteiger charge is 2.48. The van der Waals surface area contributed by atoms with E-state index in [1.54, 1.807) is 0 Å². The summed E-state index contributed by atoms with van der Waals surface area (Å²) in [4.78, 5) is 27.7. The fourth-order valence-electron chi connectivity index (χ4n) is 2.21. The third kappa shape index (κ3) is 2.04. The molecule has 2 aliphatic heterocycles. The molecule has 1 N–H and O–H groups in total. The number of aliphatic hydroxyl groups excluding tert-OH is 1. The van der Waals surface area contributed by atoms with Crippen molar-refractivity contribution in [3.05, 3.63) is 0 Å². The molecule has 0 bridgehead atoms. The molecule has 2 heterocycles. The molecular formula is C11H19N3O4. The third-order valence-electron chi connectivity index (χ3n) is 3.41. The Hall–Kier alpha value is -1.34. The van der Waals surface area contributed by atoms with Crippen LogP contribution < -0.4 is 0 Å². The summed E-state index contributed by atoms with van der Waals surface area (Å²) < 4.78 is 5.15. The highest BCUT2D eigenvalue weighted by molar-refractivity contribution is 5.96. The Balaban J connectivity index is 2.23. The van der Waals surface area contributed by atoms with Crippen LogP contribution in [-0.2, 0) is 4.74 Å². The van der Waals surface area contributed by atoms with Gasteiger partial charge in [-0.25, -0.2) is 14.5 Å². The average Bonchev–Trinajstić information content (AvgIpc) is 3.06. The minimum Gasteiger partial charge on any atom is -0.373 e. The van der Waals surface area contributed by atoms with Crippen molar-refractivity contribution >= 4 is 12.1 Å². The van der Waals surface area contributed by atoms with Gasteiger partial charge in [-0.1, -0.05) is 0 Å². The van der Waals surface area contributed by atoms with E-state index in [-0.39, 0.29) is 6.10 Å². The van der Waals surface area contributed by atoms with Crippen molar-refractivity contribution in [1.29, 1.82) is 0 Å². The molecule has 0 radical (unpaired) electrons. The molecule has 18 heavy (non-hydrogen) atoms. The largest absolute Gasteiger partial charge is 0.373 e. The molecule has 4 amide bonds. The summed E-state index contributed by atoms with van der Waals surface area (Å²) >= 11 is 0. The Bertz CT molecular complexity index is 358. The number of carbonyl (C=O) groups excluding carboxylic acids is 2. The molecule has 0 aromatic rings. The number of hydrogen-bond donors (Lipinski definition) is 1. The number of epoxide rings is 1. The van der Waals surface area contributed by atoms with Gasteiger partial charge in [-0.15, -0.1) is 0 Å². The summed E-state index contributed by atoms with van der Waals surface area (Å²) in [5.41, 5.74) is -0.641. The van der Waals surface area contributed by atoms with Crippen molar-refractivity contribution in [2.45, 2.75) is 38.3 Å². The fourth-order valence-corrected chi connectivity index (χ4v) is 2.21. The van der Waals surface area contributed by atoms with Crippen molar-refractivity contribution in [3.63, 3.8) is 0 Å². The third-order valence-corrected chi connectivity index (χ3v) is 3.41. The maximum atomic E-state index is 12.1. The summed E-state index contributed by atoms with van der Waals surface area (Å²) in [6.07, 6.45) is -0.500. The van der Waals surface area contributed by atoms with E-state index >= 15 is 0 Å². The SMILES string of the molecule is CN1C(=O)N(C(C)(C)CC2CO2)C(=O)N(C)C1O. The first kappa shape index (κ1) is 13.1. The molecule has 2 rings (SSSR count). The number of nitrogens with zero attached hydrogens (tertiary/aromatic N) is 3.